The smallest absolute Gasteiger partial charge is 0.00885 e. The van der Waals surface area contributed by atoms with Gasteiger partial charge in [0.25, 0.3) is 0 Å². The quantitative estimate of drug-likeness (QED) is 0.162. The highest BCUT2D eigenvalue weighted by Crippen LogP contribution is 2.18. The van der Waals surface area contributed by atoms with Crippen LogP contribution < -0.4 is 0 Å². The summed E-state index contributed by atoms with van der Waals surface area (Å²) < 4.78 is 0. The van der Waals surface area contributed by atoms with E-state index in [1.165, 1.54) is 147 Å². The van der Waals surface area contributed by atoms with Crippen molar-refractivity contribution in [2.75, 3.05) is 0 Å². The summed E-state index contributed by atoms with van der Waals surface area (Å²) in [5.74, 6) is 0. The minimum atomic E-state index is 1.05. The molecule has 0 aliphatic heterocycles. The molecule has 0 saturated heterocycles. The van der Waals surface area contributed by atoms with Crippen LogP contribution in [-0.4, -0.2) is 0 Å². The number of unbranched alkanes of at least 4 members (excludes halogenated alkanes) is 20. The standard InChI is InChI=1S/C28H51/c1-2-3-4-5-6-7-8-9-10-11-12-13-14-15-16-17-18-19-20-21-22-25-28-26-23-24-27-28/h23,26H,2-22,24-25H2,1H3. The minimum Gasteiger partial charge on any atom is -0.0798 e. The summed E-state index contributed by atoms with van der Waals surface area (Å²) in [5, 5.41) is 0. The van der Waals surface area contributed by atoms with E-state index in [4.69, 9.17) is 0 Å². The third-order valence-electron chi connectivity index (χ3n) is 6.32. The first kappa shape index (κ1) is 25.5. The number of hydrogen-bond acceptors (Lipinski definition) is 0. The van der Waals surface area contributed by atoms with Crippen LogP contribution in [0.1, 0.15) is 155 Å². The third kappa shape index (κ3) is 17.6. The molecule has 0 aromatic heterocycles. The molecule has 0 bridgehead atoms. The van der Waals surface area contributed by atoms with Crippen molar-refractivity contribution in [1.29, 1.82) is 0 Å². The Bertz CT molecular complexity index is 362. The van der Waals surface area contributed by atoms with Gasteiger partial charge in [0.2, 0.25) is 0 Å². The van der Waals surface area contributed by atoms with Crippen LogP contribution in [0.2, 0.25) is 0 Å². The van der Waals surface area contributed by atoms with Gasteiger partial charge in [-0.1, -0.05) is 147 Å². The van der Waals surface area contributed by atoms with Crippen LogP contribution in [0.4, 0.5) is 0 Å². The van der Waals surface area contributed by atoms with Crippen LogP contribution in [0.25, 0.3) is 0 Å². The van der Waals surface area contributed by atoms with Crippen molar-refractivity contribution >= 4 is 0 Å². The Morgan fingerprint density at radius 1 is 0.536 bits per heavy atom. The summed E-state index contributed by atoms with van der Waals surface area (Å²) in [7, 11) is 0. The van der Waals surface area contributed by atoms with E-state index in [1.807, 2.05) is 0 Å². The lowest BCUT2D eigenvalue weighted by molar-refractivity contribution is 0.520. The maximum atomic E-state index is 3.42. The Kier molecular flexibility index (Phi) is 19.3. The molecule has 0 spiro atoms. The number of hydrogen-bond donors (Lipinski definition) is 0. The van der Waals surface area contributed by atoms with Crippen molar-refractivity contribution in [2.45, 2.75) is 155 Å². The first-order chi connectivity index (χ1) is 13.9. The maximum absolute atomic E-state index is 3.42. The van der Waals surface area contributed by atoms with Gasteiger partial charge in [0.15, 0.2) is 0 Å². The van der Waals surface area contributed by atoms with Crippen LogP contribution in [-0.2, 0) is 0 Å². The molecule has 0 aromatic rings. The highest BCUT2D eigenvalue weighted by Gasteiger charge is 1.99. The minimum absolute atomic E-state index is 1.05. The maximum Gasteiger partial charge on any atom is -0.00885 e. The summed E-state index contributed by atoms with van der Waals surface area (Å²) in [5.41, 5.74) is 1.46. The molecule has 0 heteroatoms. The van der Waals surface area contributed by atoms with Gasteiger partial charge in [-0.25, -0.2) is 0 Å². The second-order valence-electron chi connectivity index (χ2n) is 9.13. The van der Waals surface area contributed by atoms with Gasteiger partial charge in [-0.15, -0.1) is 0 Å². The van der Waals surface area contributed by atoms with Crippen LogP contribution in [0.15, 0.2) is 17.7 Å². The molecule has 0 unspecified atom stereocenters. The molecule has 163 valence electrons. The van der Waals surface area contributed by atoms with Crippen molar-refractivity contribution < 1.29 is 0 Å². The van der Waals surface area contributed by atoms with E-state index in [9.17, 15) is 0 Å². The van der Waals surface area contributed by atoms with Gasteiger partial charge < -0.3 is 0 Å². The summed E-state index contributed by atoms with van der Waals surface area (Å²) >= 11 is 0. The average Bonchev–Trinajstić information content (AvgIpc) is 3.22. The second kappa shape index (κ2) is 21.2. The Morgan fingerprint density at radius 3 is 1.21 bits per heavy atom. The van der Waals surface area contributed by atoms with Crippen LogP contribution >= 0.6 is 0 Å². The average molecular weight is 388 g/mol. The van der Waals surface area contributed by atoms with Crippen LogP contribution in [0.3, 0.4) is 0 Å². The van der Waals surface area contributed by atoms with Gasteiger partial charge in [-0.05, 0) is 30.9 Å². The van der Waals surface area contributed by atoms with E-state index in [1.54, 1.807) is 0 Å². The van der Waals surface area contributed by atoms with Crippen molar-refractivity contribution in [3.8, 4) is 0 Å². The van der Waals surface area contributed by atoms with E-state index in [0.29, 0.717) is 0 Å². The lowest BCUT2D eigenvalue weighted by Crippen LogP contribution is -1.84. The molecule has 0 atom stereocenters. The largest absolute Gasteiger partial charge is 0.0798 e. The van der Waals surface area contributed by atoms with E-state index in [0.717, 1.165) is 6.42 Å². The van der Waals surface area contributed by atoms with Crippen LogP contribution in [0.5, 0.6) is 0 Å². The van der Waals surface area contributed by atoms with Gasteiger partial charge in [0.05, 0.1) is 0 Å². The van der Waals surface area contributed by atoms with Crippen LogP contribution in [0, 0.1) is 6.08 Å². The Morgan fingerprint density at radius 2 is 0.893 bits per heavy atom. The molecule has 0 amide bonds. The van der Waals surface area contributed by atoms with Crippen molar-refractivity contribution in [1.82, 2.24) is 0 Å². The van der Waals surface area contributed by atoms with Crippen molar-refractivity contribution in [3.63, 3.8) is 0 Å². The van der Waals surface area contributed by atoms with Crippen molar-refractivity contribution in [3.05, 3.63) is 23.8 Å². The first-order valence-electron chi connectivity index (χ1n) is 13.2. The molecule has 1 rings (SSSR count). The molecule has 0 saturated carbocycles. The topological polar surface area (TPSA) is 0 Å². The zero-order valence-electron chi connectivity index (χ0n) is 19.4. The van der Waals surface area contributed by atoms with E-state index >= 15 is 0 Å². The Labute approximate surface area is 178 Å². The van der Waals surface area contributed by atoms with Gasteiger partial charge in [0, 0.05) is 0 Å². The highest BCUT2D eigenvalue weighted by molar-refractivity contribution is 5.21. The van der Waals surface area contributed by atoms with E-state index in [-0.39, 0.29) is 0 Å². The highest BCUT2D eigenvalue weighted by atomic mass is 14.0. The zero-order chi connectivity index (χ0) is 20.0. The molecule has 28 heavy (non-hydrogen) atoms. The summed E-state index contributed by atoms with van der Waals surface area (Å²) in [6.07, 6.45) is 40.9. The summed E-state index contributed by atoms with van der Waals surface area (Å²) in [6, 6.07) is 0. The second-order valence-corrected chi connectivity index (χ2v) is 9.13. The predicted octanol–water partition coefficient (Wildman–Crippen LogP) is 10.3. The van der Waals surface area contributed by atoms with Crippen molar-refractivity contribution in [2.24, 2.45) is 0 Å². The third-order valence-corrected chi connectivity index (χ3v) is 6.32. The molecule has 1 aliphatic carbocycles. The number of allylic oxidation sites excluding steroid dienone is 4. The fraction of sp³-hybridized carbons (Fsp3) is 0.857. The van der Waals surface area contributed by atoms with Gasteiger partial charge in [-0.2, -0.15) is 0 Å². The van der Waals surface area contributed by atoms with E-state index in [2.05, 4.69) is 25.2 Å². The lowest BCUT2D eigenvalue weighted by Gasteiger charge is -2.04. The van der Waals surface area contributed by atoms with E-state index < -0.39 is 0 Å². The predicted molar refractivity (Wildman–Crippen MR) is 128 cm³/mol. The van der Waals surface area contributed by atoms with Gasteiger partial charge >= 0.3 is 0 Å². The molecule has 0 nitrogen and oxygen atoms in total. The molecule has 1 aliphatic rings. The van der Waals surface area contributed by atoms with Gasteiger partial charge in [-0.3, -0.25) is 0 Å². The zero-order valence-corrected chi connectivity index (χ0v) is 19.4. The fourth-order valence-electron chi connectivity index (χ4n) is 4.37. The monoisotopic (exact) mass is 387 g/mol. The summed E-state index contributed by atoms with van der Waals surface area (Å²) in [6.45, 7) is 2.30. The first-order valence-corrected chi connectivity index (χ1v) is 13.2. The number of rotatable bonds is 22. The van der Waals surface area contributed by atoms with Gasteiger partial charge in [0.1, 0.15) is 0 Å². The SMILES string of the molecule is CCCCCCCCCCCCCCCCCCCCCCCC1=[C]CC=C1. The molecule has 0 heterocycles. The molecule has 1 radical (unpaired) electrons. The molecular formula is C28H51. The summed E-state index contributed by atoms with van der Waals surface area (Å²) in [4.78, 5) is 0. The molecular weight excluding hydrogens is 336 g/mol. The lowest BCUT2D eigenvalue weighted by atomic mass is 10.0. The molecule has 0 fully saturated rings. The fourth-order valence-corrected chi connectivity index (χ4v) is 4.37. The Hall–Kier alpha value is -0.520. The Balaban J connectivity index is 1.63. The molecule has 0 aromatic carbocycles. The molecule has 0 N–H and O–H groups in total. The normalized spacial score (nSPS) is 13.4.